The van der Waals surface area contributed by atoms with Gasteiger partial charge in [0.15, 0.2) is 0 Å². The molecule has 0 aliphatic rings. The first-order valence-corrected chi connectivity index (χ1v) is 10.9. The molecule has 0 saturated carbocycles. The molecule has 0 amide bonds. The lowest BCUT2D eigenvalue weighted by Gasteiger charge is -2.12. The Morgan fingerprint density at radius 1 is 0.778 bits per heavy atom. The van der Waals surface area contributed by atoms with Crippen LogP contribution in [0.3, 0.4) is 0 Å². The summed E-state index contributed by atoms with van der Waals surface area (Å²) in [5.74, 6) is -3.62. The molecule has 1 nitrogen and oxygen atoms in total. The predicted molar refractivity (Wildman–Crippen MR) is 124 cm³/mol. The van der Waals surface area contributed by atoms with Gasteiger partial charge >= 0.3 is 6.18 Å². The van der Waals surface area contributed by atoms with Crippen LogP contribution in [0.25, 0.3) is 21.9 Å². The van der Waals surface area contributed by atoms with Crippen LogP contribution < -0.4 is 4.74 Å². The number of alkyl halides is 3. The Balaban J connectivity index is 1.58. The minimum Gasteiger partial charge on any atom is -0.489 e. The molecule has 0 saturated heterocycles. The molecule has 0 aliphatic heterocycles. The van der Waals surface area contributed by atoms with Crippen LogP contribution in [0, 0.1) is 23.3 Å². The van der Waals surface area contributed by atoms with Crippen molar-refractivity contribution in [1.82, 2.24) is 0 Å². The Morgan fingerprint density at radius 3 is 2.14 bits per heavy atom. The van der Waals surface area contributed by atoms with Gasteiger partial charge < -0.3 is 4.74 Å². The average molecular weight is 504 g/mol. The van der Waals surface area contributed by atoms with Gasteiger partial charge in [0, 0.05) is 17.5 Å². The Hall–Kier alpha value is -3.81. The molecule has 0 heterocycles. The van der Waals surface area contributed by atoms with Crippen molar-refractivity contribution >= 4 is 10.8 Å². The standard InChI is InChI=1S/C28H19F7O/c1-2-11-36-20-14-24(30)26(25(31)15-20)19-8-9-21-18(13-19)7-6-17(27(21)32)5-3-16-4-10-22(23(29)12-16)28(33,34)35/h2,4,6-10,12-15H,1,3,5,11H2. The third-order valence-electron chi connectivity index (χ3n) is 5.73. The maximum Gasteiger partial charge on any atom is 0.419 e. The summed E-state index contributed by atoms with van der Waals surface area (Å²) >= 11 is 0. The number of rotatable bonds is 7. The maximum atomic E-state index is 15.1. The number of halogens is 7. The summed E-state index contributed by atoms with van der Waals surface area (Å²) in [6.07, 6.45) is -3.12. The third kappa shape index (κ3) is 5.22. The molecule has 0 bridgehead atoms. The van der Waals surface area contributed by atoms with Gasteiger partial charge in [-0.25, -0.2) is 17.6 Å². The fraction of sp³-hybridized carbons (Fsp3) is 0.143. The summed E-state index contributed by atoms with van der Waals surface area (Å²) in [6.45, 7) is 3.56. The molecule has 0 fully saturated rings. The van der Waals surface area contributed by atoms with E-state index in [1.807, 2.05) is 0 Å². The van der Waals surface area contributed by atoms with E-state index >= 15 is 4.39 Å². The van der Waals surface area contributed by atoms with E-state index in [1.165, 1.54) is 30.3 Å². The summed E-state index contributed by atoms with van der Waals surface area (Å²) in [4.78, 5) is 0. The van der Waals surface area contributed by atoms with Crippen molar-refractivity contribution in [2.45, 2.75) is 19.0 Å². The molecule has 0 radical (unpaired) electrons. The minimum absolute atomic E-state index is 0.0121. The second-order valence-electron chi connectivity index (χ2n) is 8.15. The Kier molecular flexibility index (Phi) is 7.06. The summed E-state index contributed by atoms with van der Waals surface area (Å²) in [6, 6.07) is 12.1. The molecule has 0 atom stereocenters. The Bertz CT molecular complexity index is 1420. The van der Waals surface area contributed by atoms with Gasteiger partial charge in [0.25, 0.3) is 0 Å². The van der Waals surface area contributed by atoms with Gasteiger partial charge in [0.05, 0.1) is 11.1 Å². The normalized spacial score (nSPS) is 11.6. The first-order chi connectivity index (χ1) is 17.1. The van der Waals surface area contributed by atoms with Gasteiger partial charge in [-0.2, -0.15) is 13.2 Å². The summed E-state index contributed by atoms with van der Waals surface area (Å²) in [5, 5.41) is 0.613. The van der Waals surface area contributed by atoms with Gasteiger partial charge in [-0.15, -0.1) is 0 Å². The van der Waals surface area contributed by atoms with E-state index in [4.69, 9.17) is 4.74 Å². The van der Waals surface area contributed by atoms with E-state index in [2.05, 4.69) is 6.58 Å². The number of fused-ring (bicyclic) bond motifs is 1. The van der Waals surface area contributed by atoms with Gasteiger partial charge in [-0.1, -0.05) is 43.0 Å². The van der Waals surface area contributed by atoms with Crippen LogP contribution in [0.4, 0.5) is 30.7 Å². The lowest BCUT2D eigenvalue weighted by molar-refractivity contribution is -0.140. The maximum absolute atomic E-state index is 15.1. The zero-order valence-corrected chi connectivity index (χ0v) is 18.7. The first-order valence-electron chi connectivity index (χ1n) is 10.9. The number of hydrogen-bond acceptors (Lipinski definition) is 1. The lowest BCUT2D eigenvalue weighted by atomic mass is 9.96. The van der Waals surface area contributed by atoms with Crippen molar-refractivity contribution in [1.29, 1.82) is 0 Å². The molecule has 4 aromatic rings. The Morgan fingerprint density at radius 2 is 1.50 bits per heavy atom. The Labute approximate surface area is 202 Å². The first kappa shape index (κ1) is 25.3. The van der Waals surface area contributed by atoms with Crippen LogP contribution >= 0.6 is 0 Å². The van der Waals surface area contributed by atoms with Gasteiger partial charge in [0.2, 0.25) is 0 Å². The molecule has 8 heteroatoms. The second kappa shape index (κ2) is 10.0. The molecule has 0 aromatic heterocycles. The fourth-order valence-corrected chi connectivity index (χ4v) is 3.97. The lowest BCUT2D eigenvalue weighted by Crippen LogP contribution is -2.08. The third-order valence-corrected chi connectivity index (χ3v) is 5.73. The molecule has 0 N–H and O–H groups in total. The molecule has 36 heavy (non-hydrogen) atoms. The van der Waals surface area contributed by atoms with Crippen LogP contribution in [-0.2, 0) is 19.0 Å². The quantitative estimate of drug-likeness (QED) is 0.181. The van der Waals surface area contributed by atoms with E-state index in [0.717, 1.165) is 24.3 Å². The molecular formula is C28H19F7O. The smallest absolute Gasteiger partial charge is 0.419 e. The van der Waals surface area contributed by atoms with Gasteiger partial charge in [-0.3, -0.25) is 0 Å². The van der Waals surface area contributed by atoms with E-state index in [-0.39, 0.29) is 47.3 Å². The molecule has 0 aliphatic carbocycles. The van der Waals surface area contributed by atoms with Gasteiger partial charge in [0.1, 0.15) is 35.6 Å². The van der Waals surface area contributed by atoms with Gasteiger partial charge in [-0.05, 0) is 53.1 Å². The van der Waals surface area contributed by atoms with Crippen molar-refractivity contribution in [2.24, 2.45) is 0 Å². The molecule has 4 aromatic carbocycles. The van der Waals surface area contributed by atoms with Crippen LogP contribution in [0.15, 0.2) is 73.3 Å². The van der Waals surface area contributed by atoms with Crippen molar-refractivity contribution < 1.29 is 35.5 Å². The van der Waals surface area contributed by atoms with Crippen molar-refractivity contribution in [2.75, 3.05) is 6.61 Å². The molecule has 4 rings (SSSR count). The highest BCUT2D eigenvalue weighted by molar-refractivity contribution is 5.88. The minimum atomic E-state index is -4.79. The summed E-state index contributed by atoms with van der Waals surface area (Å²) in [5.41, 5.74) is -0.860. The zero-order chi connectivity index (χ0) is 26.0. The number of ether oxygens (including phenoxy) is 1. The fourth-order valence-electron chi connectivity index (χ4n) is 3.97. The number of benzene rings is 4. The number of aryl methyl sites for hydroxylation is 2. The zero-order valence-electron chi connectivity index (χ0n) is 18.7. The van der Waals surface area contributed by atoms with E-state index < -0.39 is 35.0 Å². The van der Waals surface area contributed by atoms with Crippen molar-refractivity contribution in [3.8, 4) is 16.9 Å². The summed E-state index contributed by atoms with van der Waals surface area (Å²) in [7, 11) is 0. The van der Waals surface area contributed by atoms with Crippen molar-refractivity contribution in [3.63, 3.8) is 0 Å². The van der Waals surface area contributed by atoms with Crippen LogP contribution in [0.5, 0.6) is 5.75 Å². The highest BCUT2D eigenvalue weighted by Crippen LogP contribution is 2.34. The second-order valence-corrected chi connectivity index (χ2v) is 8.15. The monoisotopic (exact) mass is 504 g/mol. The van der Waals surface area contributed by atoms with E-state index in [0.29, 0.717) is 17.0 Å². The SMILES string of the molecule is C=CCOc1cc(F)c(-c2ccc3c(F)c(CCc4ccc(C(F)(F)F)c(F)c4)ccc3c2)c(F)c1. The van der Waals surface area contributed by atoms with Crippen molar-refractivity contribution in [3.05, 3.63) is 113 Å². The topological polar surface area (TPSA) is 9.23 Å². The molecule has 0 unspecified atom stereocenters. The average Bonchev–Trinajstić information content (AvgIpc) is 2.81. The van der Waals surface area contributed by atoms with E-state index in [9.17, 15) is 26.3 Å². The highest BCUT2D eigenvalue weighted by atomic mass is 19.4. The van der Waals surface area contributed by atoms with Crippen LogP contribution in [0.1, 0.15) is 16.7 Å². The molecule has 0 spiro atoms. The largest absolute Gasteiger partial charge is 0.489 e. The van der Waals surface area contributed by atoms with Crippen LogP contribution in [-0.4, -0.2) is 6.61 Å². The van der Waals surface area contributed by atoms with Crippen LogP contribution in [0.2, 0.25) is 0 Å². The number of hydrogen-bond donors (Lipinski definition) is 0. The highest BCUT2D eigenvalue weighted by Gasteiger charge is 2.33. The predicted octanol–water partition coefficient (Wildman–Crippen LogP) is 8.43. The molecule has 186 valence electrons. The summed E-state index contributed by atoms with van der Waals surface area (Å²) < 4.78 is 102. The van der Waals surface area contributed by atoms with E-state index in [1.54, 1.807) is 6.07 Å². The molecular weight excluding hydrogens is 485 g/mol.